The summed E-state index contributed by atoms with van der Waals surface area (Å²) < 4.78 is 0. The first kappa shape index (κ1) is 16.1. The second kappa shape index (κ2) is 6.79. The molecule has 122 valence electrons. The first-order valence-electron chi connectivity index (χ1n) is 8.16. The maximum absolute atomic E-state index is 9.85. The number of hydrogen-bond acceptors (Lipinski definition) is 2. The minimum atomic E-state index is 0.346. The maximum atomic E-state index is 9.85. The van der Waals surface area contributed by atoms with Crippen LogP contribution in [-0.4, -0.2) is 10.2 Å². The molecule has 24 heavy (non-hydrogen) atoms. The molecule has 3 aromatic rings. The Hall–Kier alpha value is -2.74. The molecule has 0 fully saturated rings. The van der Waals surface area contributed by atoms with Crippen LogP contribution in [0, 0.1) is 13.8 Å². The summed E-state index contributed by atoms with van der Waals surface area (Å²) in [6.07, 6.45) is 1.58. The van der Waals surface area contributed by atoms with Crippen LogP contribution in [0.4, 0.5) is 0 Å². The Morgan fingerprint density at radius 2 is 1.00 bits per heavy atom. The molecule has 0 aromatic heterocycles. The van der Waals surface area contributed by atoms with Crippen molar-refractivity contribution in [1.82, 2.24) is 0 Å². The molecule has 0 amide bonds. The highest BCUT2D eigenvalue weighted by Gasteiger charge is 2.04. The molecule has 0 aliphatic rings. The van der Waals surface area contributed by atoms with Gasteiger partial charge in [0.15, 0.2) is 0 Å². The third-order valence-corrected chi connectivity index (χ3v) is 4.35. The fraction of sp³-hybridized carbons (Fsp3) is 0.182. The molecular formula is C22H22O2. The van der Waals surface area contributed by atoms with Crippen molar-refractivity contribution in [3.63, 3.8) is 0 Å². The summed E-state index contributed by atoms with van der Waals surface area (Å²) in [5, 5.41) is 19.7. The lowest BCUT2D eigenvalue weighted by molar-refractivity contribution is 0.470. The molecule has 0 saturated carbocycles. The lowest BCUT2D eigenvalue weighted by Gasteiger charge is -2.08. The maximum Gasteiger partial charge on any atom is 0.118 e. The number of phenols is 2. The van der Waals surface area contributed by atoms with E-state index in [-0.39, 0.29) is 0 Å². The number of rotatable bonds is 4. The SMILES string of the molecule is Cc1ccc(Cc2cccc(Cc3ccc(C)c(O)c3)c2)cc1O. The molecule has 3 rings (SSSR count). The van der Waals surface area contributed by atoms with Crippen LogP contribution in [0.1, 0.15) is 33.4 Å². The molecule has 0 atom stereocenters. The molecule has 2 nitrogen and oxygen atoms in total. The number of aryl methyl sites for hydroxylation is 2. The average molecular weight is 318 g/mol. The first-order valence-corrected chi connectivity index (χ1v) is 8.16. The predicted molar refractivity (Wildman–Crippen MR) is 97.7 cm³/mol. The average Bonchev–Trinajstić information content (AvgIpc) is 2.55. The quantitative estimate of drug-likeness (QED) is 0.718. The molecule has 2 heteroatoms. The third-order valence-electron chi connectivity index (χ3n) is 4.35. The van der Waals surface area contributed by atoms with E-state index in [0.29, 0.717) is 11.5 Å². The number of aromatic hydroxyl groups is 2. The largest absolute Gasteiger partial charge is 0.508 e. The summed E-state index contributed by atoms with van der Waals surface area (Å²) in [5.41, 5.74) is 6.42. The minimum absolute atomic E-state index is 0.346. The van der Waals surface area contributed by atoms with Crippen LogP contribution < -0.4 is 0 Å². The van der Waals surface area contributed by atoms with E-state index in [2.05, 4.69) is 36.4 Å². The van der Waals surface area contributed by atoms with Crippen LogP contribution in [0.15, 0.2) is 60.7 Å². The summed E-state index contributed by atoms with van der Waals surface area (Å²) in [6, 6.07) is 20.1. The van der Waals surface area contributed by atoms with E-state index >= 15 is 0 Å². The van der Waals surface area contributed by atoms with E-state index in [1.807, 2.05) is 38.1 Å². The van der Waals surface area contributed by atoms with Crippen LogP contribution >= 0.6 is 0 Å². The van der Waals surface area contributed by atoms with Gasteiger partial charge in [-0.3, -0.25) is 0 Å². The lowest BCUT2D eigenvalue weighted by atomic mass is 9.98. The lowest BCUT2D eigenvalue weighted by Crippen LogP contribution is -1.93. The van der Waals surface area contributed by atoms with E-state index in [1.54, 1.807) is 0 Å². The Kier molecular flexibility index (Phi) is 4.57. The smallest absolute Gasteiger partial charge is 0.118 e. The molecule has 0 radical (unpaired) electrons. The molecule has 0 saturated heterocycles. The zero-order valence-electron chi connectivity index (χ0n) is 14.1. The van der Waals surface area contributed by atoms with Crippen molar-refractivity contribution in [3.8, 4) is 11.5 Å². The van der Waals surface area contributed by atoms with Gasteiger partial charge in [-0.1, -0.05) is 48.5 Å². The van der Waals surface area contributed by atoms with Crippen molar-refractivity contribution in [2.45, 2.75) is 26.7 Å². The monoisotopic (exact) mass is 318 g/mol. The van der Waals surface area contributed by atoms with Gasteiger partial charge in [-0.2, -0.15) is 0 Å². The Morgan fingerprint density at radius 3 is 1.42 bits per heavy atom. The van der Waals surface area contributed by atoms with Gasteiger partial charge in [0.05, 0.1) is 0 Å². The van der Waals surface area contributed by atoms with E-state index < -0.39 is 0 Å². The molecular weight excluding hydrogens is 296 g/mol. The molecule has 0 heterocycles. The Morgan fingerprint density at radius 1 is 0.583 bits per heavy atom. The summed E-state index contributed by atoms with van der Waals surface area (Å²) in [6.45, 7) is 3.80. The highest BCUT2D eigenvalue weighted by molar-refractivity contribution is 5.40. The molecule has 0 bridgehead atoms. The van der Waals surface area contributed by atoms with Crippen LogP contribution in [0.25, 0.3) is 0 Å². The predicted octanol–water partition coefficient (Wildman–Crippen LogP) is 4.90. The van der Waals surface area contributed by atoms with Crippen LogP contribution in [0.3, 0.4) is 0 Å². The van der Waals surface area contributed by atoms with Crippen LogP contribution in [0.5, 0.6) is 11.5 Å². The summed E-state index contributed by atoms with van der Waals surface area (Å²) in [4.78, 5) is 0. The molecule has 3 aromatic carbocycles. The summed E-state index contributed by atoms with van der Waals surface area (Å²) in [7, 11) is 0. The van der Waals surface area contributed by atoms with E-state index in [4.69, 9.17) is 0 Å². The number of hydrogen-bond donors (Lipinski definition) is 2. The summed E-state index contributed by atoms with van der Waals surface area (Å²) in [5.74, 6) is 0.692. The van der Waals surface area contributed by atoms with Crippen molar-refractivity contribution >= 4 is 0 Å². The molecule has 0 aliphatic carbocycles. The Bertz CT molecular complexity index is 797. The van der Waals surface area contributed by atoms with Gasteiger partial charge >= 0.3 is 0 Å². The molecule has 2 N–H and O–H groups in total. The molecule has 0 aliphatic heterocycles. The fourth-order valence-corrected chi connectivity index (χ4v) is 2.85. The van der Waals surface area contributed by atoms with E-state index in [0.717, 1.165) is 35.1 Å². The topological polar surface area (TPSA) is 40.5 Å². The van der Waals surface area contributed by atoms with Crippen LogP contribution in [0.2, 0.25) is 0 Å². The normalized spacial score (nSPS) is 10.8. The molecule has 0 spiro atoms. The van der Waals surface area contributed by atoms with E-state index in [9.17, 15) is 10.2 Å². The fourth-order valence-electron chi connectivity index (χ4n) is 2.85. The van der Waals surface area contributed by atoms with Crippen molar-refractivity contribution in [2.75, 3.05) is 0 Å². The van der Waals surface area contributed by atoms with Crippen molar-refractivity contribution in [3.05, 3.63) is 94.0 Å². The Labute approximate surface area is 143 Å². The highest BCUT2D eigenvalue weighted by Crippen LogP contribution is 2.22. The van der Waals surface area contributed by atoms with Gasteiger partial charge in [0.25, 0.3) is 0 Å². The van der Waals surface area contributed by atoms with Gasteiger partial charge < -0.3 is 10.2 Å². The van der Waals surface area contributed by atoms with Gasteiger partial charge in [-0.25, -0.2) is 0 Å². The first-order chi connectivity index (χ1) is 11.5. The van der Waals surface area contributed by atoms with Gasteiger partial charge in [0.2, 0.25) is 0 Å². The second-order valence-electron chi connectivity index (χ2n) is 6.42. The highest BCUT2D eigenvalue weighted by atomic mass is 16.3. The van der Waals surface area contributed by atoms with Crippen molar-refractivity contribution in [2.24, 2.45) is 0 Å². The zero-order chi connectivity index (χ0) is 17.1. The van der Waals surface area contributed by atoms with Gasteiger partial charge in [-0.05, 0) is 72.2 Å². The number of phenolic OH excluding ortho intramolecular Hbond substituents is 2. The zero-order valence-corrected chi connectivity index (χ0v) is 14.1. The Balaban J connectivity index is 1.78. The van der Waals surface area contributed by atoms with Crippen molar-refractivity contribution < 1.29 is 10.2 Å². The third kappa shape index (κ3) is 3.77. The van der Waals surface area contributed by atoms with Crippen LogP contribution in [-0.2, 0) is 12.8 Å². The molecule has 0 unspecified atom stereocenters. The van der Waals surface area contributed by atoms with Gasteiger partial charge in [-0.15, -0.1) is 0 Å². The standard InChI is InChI=1S/C22H22O2/c1-15-6-8-19(13-21(15)23)11-17-4-3-5-18(10-17)12-20-9-7-16(2)22(24)14-20/h3-10,13-14,23-24H,11-12H2,1-2H3. The summed E-state index contributed by atoms with van der Waals surface area (Å²) >= 11 is 0. The van der Waals surface area contributed by atoms with Gasteiger partial charge in [0.1, 0.15) is 11.5 Å². The van der Waals surface area contributed by atoms with E-state index in [1.165, 1.54) is 11.1 Å². The van der Waals surface area contributed by atoms with Crippen molar-refractivity contribution in [1.29, 1.82) is 0 Å². The van der Waals surface area contributed by atoms with Gasteiger partial charge in [0, 0.05) is 0 Å². The minimum Gasteiger partial charge on any atom is -0.508 e. The number of benzene rings is 3. The second-order valence-corrected chi connectivity index (χ2v) is 6.42.